The van der Waals surface area contributed by atoms with Crippen LogP contribution in [0, 0.1) is 17.0 Å². The van der Waals surface area contributed by atoms with E-state index in [0.29, 0.717) is 43.8 Å². The fourth-order valence-corrected chi connectivity index (χ4v) is 3.59. The van der Waals surface area contributed by atoms with E-state index in [9.17, 15) is 14.9 Å². The first kappa shape index (κ1) is 18.2. The average Bonchev–Trinajstić information content (AvgIpc) is 2.98. The minimum Gasteiger partial charge on any atom is -0.339 e. The molecule has 0 spiro atoms. The van der Waals surface area contributed by atoms with Gasteiger partial charge < -0.3 is 4.98 Å². The lowest BCUT2D eigenvalue weighted by Crippen LogP contribution is -2.14. The van der Waals surface area contributed by atoms with Crippen molar-refractivity contribution in [3.63, 3.8) is 0 Å². The predicted molar refractivity (Wildman–Crippen MR) is 108 cm³/mol. The second-order valence-electron chi connectivity index (χ2n) is 6.17. The zero-order valence-corrected chi connectivity index (χ0v) is 16.0. The van der Waals surface area contributed by atoms with Gasteiger partial charge in [0.2, 0.25) is 0 Å². The van der Waals surface area contributed by atoms with Crippen molar-refractivity contribution in [2.24, 2.45) is 0 Å². The summed E-state index contributed by atoms with van der Waals surface area (Å²) in [5.41, 5.74) is 3.26. The molecule has 4 aromatic rings. The van der Waals surface area contributed by atoms with Crippen molar-refractivity contribution in [3.05, 3.63) is 84.7 Å². The second-order valence-corrected chi connectivity index (χ2v) is 7.01. The average molecular weight is 415 g/mol. The van der Waals surface area contributed by atoms with E-state index in [1.54, 1.807) is 37.3 Å². The molecule has 140 valence electrons. The van der Waals surface area contributed by atoms with Gasteiger partial charge in [0.1, 0.15) is 5.65 Å². The van der Waals surface area contributed by atoms with Crippen LogP contribution in [0.1, 0.15) is 5.69 Å². The number of fused-ring (bicyclic) bond motifs is 1. The van der Waals surface area contributed by atoms with Crippen LogP contribution in [0.25, 0.3) is 28.0 Å². The third-order valence-electron chi connectivity index (χ3n) is 4.38. The third-order valence-corrected chi connectivity index (χ3v) is 4.93. The molecule has 28 heavy (non-hydrogen) atoms. The molecule has 7 nitrogen and oxygen atoms in total. The highest BCUT2D eigenvalue weighted by atomic mass is 35.5. The molecule has 2 aromatic carbocycles. The van der Waals surface area contributed by atoms with Crippen molar-refractivity contribution in [3.8, 4) is 22.4 Å². The van der Waals surface area contributed by atoms with Gasteiger partial charge in [-0.1, -0.05) is 29.3 Å². The third kappa shape index (κ3) is 3.04. The largest absolute Gasteiger partial charge is 0.339 e. The number of aromatic nitrogens is 3. The Morgan fingerprint density at radius 1 is 1.11 bits per heavy atom. The fourth-order valence-electron chi connectivity index (χ4n) is 3.08. The Morgan fingerprint density at radius 3 is 2.46 bits per heavy atom. The van der Waals surface area contributed by atoms with Crippen molar-refractivity contribution in [2.75, 3.05) is 0 Å². The van der Waals surface area contributed by atoms with Crippen LogP contribution in [-0.4, -0.2) is 19.5 Å². The summed E-state index contributed by atoms with van der Waals surface area (Å²) in [6.45, 7) is 1.78. The minimum atomic E-state index is -0.476. The number of nitro benzene ring substituents is 1. The predicted octanol–water partition coefficient (Wildman–Crippen LogP) is 4.88. The number of nitrogens with zero attached hydrogens (tertiary/aromatic N) is 3. The van der Waals surface area contributed by atoms with Crippen LogP contribution in [0.2, 0.25) is 10.0 Å². The fraction of sp³-hybridized carbons (Fsp3) is 0.0526. The van der Waals surface area contributed by atoms with Gasteiger partial charge in [0, 0.05) is 34.3 Å². The molecule has 0 bridgehead atoms. The van der Waals surface area contributed by atoms with Gasteiger partial charge in [0.15, 0.2) is 0 Å². The number of hydrogen-bond donors (Lipinski definition) is 1. The summed E-state index contributed by atoms with van der Waals surface area (Å²) < 4.78 is 1.27. The molecule has 4 rings (SSSR count). The molecule has 0 amide bonds. The van der Waals surface area contributed by atoms with Crippen LogP contribution < -0.4 is 5.56 Å². The quantitative estimate of drug-likeness (QED) is 0.381. The van der Waals surface area contributed by atoms with E-state index in [1.165, 1.54) is 22.7 Å². The summed E-state index contributed by atoms with van der Waals surface area (Å²) in [5.74, 6) is 0. The van der Waals surface area contributed by atoms with Gasteiger partial charge in [-0.15, -0.1) is 0 Å². The molecule has 0 aliphatic carbocycles. The number of non-ortho nitro benzene ring substituents is 1. The topological polar surface area (TPSA) is 93.3 Å². The summed E-state index contributed by atoms with van der Waals surface area (Å²) in [4.78, 5) is 26.2. The molecule has 0 radical (unpaired) electrons. The van der Waals surface area contributed by atoms with Gasteiger partial charge in [-0.3, -0.25) is 14.9 Å². The number of nitrogens with one attached hydrogen (secondary N) is 1. The van der Waals surface area contributed by atoms with Crippen LogP contribution in [-0.2, 0) is 0 Å². The number of benzene rings is 2. The van der Waals surface area contributed by atoms with E-state index in [0.717, 1.165) is 0 Å². The first-order valence-corrected chi connectivity index (χ1v) is 8.93. The highest BCUT2D eigenvalue weighted by molar-refractivity contribution is 6.36. The van der Waals surface area contributed by atoms with Gasteiger partial charge in [-0.05, 0) is 36.8 Å². The summed E-state index contributed by atoms with van der Waals surface area (Å²) in [7, 11) is 0. The molecule has 0 fully saturated rings. The highest BCUT2D eigenvalue weighted by Gasteiger charge is 2.18. The molecule has 0 atom stereocenters. The molecule has 2 heterocycles. The summed E-state index contributed by atoms with van der Waals surface area (Å²) >= 11 is 12.4. The Morgan fingerprint density at radius 2 is 1.82 bits per heavy atom. The van der Waals surface area contributed by atoms with E-state index in [4.69, 9.17) is 23.2 Å². The maximum absolute atomic E-state index is 12.6. The molecule has 0 aliphatic heterocycles. The van der Waals surface area contributed by atoms with Crippen LogP contribution in [0.3, 0.4) is 0 Å². The van der Waals surface area contributed by atoms with E-state index >= 15 is 0 Å². The maximum atomic E-state index is 12.6. The van der Waals surface area contributed by atoms with Gasteiger partial charge in [-0.25, -0.2) is 0 Å². The Hall–Kier alpha value is -3.16. The van der Waals surface area contributed by atoms with Crippen LogP contribution in [0.5, 0.6) is 0 Å². The number of aromatic amines is 1. The number of aryl methyl sites for hydroxylation is 1. The minimum absolute atomic E-state index is 0.0268. The van der Waals surface area contributed by atoms with E-state index in [1.807, 2.05) is 0 Å². The van der Waals surface area contributed by atoms with E-state index < -0.39 is 4.92 Å². The summed E-state index contributed by atoms with van der Waals surface area (Å²) in [6.07, 6.45) is 0. The first-order valence-electron chi connectivity index (χ1n) is 8.18. The summed E-state index contributed by atoms with van der Waals surface area (Å²) in [6, 6.07) is 12.4. The lowest BCUT2D eigenvalue weighted by atomic mass is 10.1. The zero-order chi connectivity index (χ0) is 20.0. The van der Waals surface area contributed by atoms with Gasteiger partial charge >= 0.3 is 0 Å². The normalized spacial score (nSPS) is 11.1. The number of nitro groups is 1. The summed E-state index contributed by atoms with van der Waals surface area (Å²) in [5, 5.41) is 16.1. The molecule has 0 unspecified atom stereocenters. The Kier molecular flexibility index (Phi) is 4.41. The zero-order valence-electron chi connectivity index (χ0n) is 14.4. The molecular formula is C19H12Cl2N4O3. The van der Waals surface area contributed by atoms with Crippen molar-refractivity contribution in [1.82, 2.24) is 14.6 Å². The smallest absolute Gasteiger partial charge is 0.274 e. The molecule has 0 aliphatic rings. The molecule has 0 saturated heterocycles. The van der Waals surface area contributed by atoms with Gasteiger partial charge in [0.05, 0.1) is 21.3 Å². The molecule has 2 aromatic heterocycles. The Bertz CT molecular complexity index is 1290. The number of rotatable bonds is 3. The number of hydrogen-bond acceptors (Lipinski definition) is 4. The second kappa shape index (κ2) is 6.78. The van der Waals surface area contributed by atoms with Crippen molar-refractivity contribution in [1.29, 1.82) is 0 Å². The Labute approximate surface area is 168 Å². The molecule has 0 saturated carbocycles. The number of halogens is 2. The van der Waals surface area contributed by atoms with Crippen molar-refractivity contribution in [2.45, 2.75) is 6.92 Å². The van der Waals surface area contributed by atoms with E-state index in [-0.39, 0.29) is 11.2 Å². The highest BCUT2D eigenvalue weighted by Crippen LogP contribution is 2.34. The lowest BCUT2D eigenvalue weighted by Gasteiger charge is -2.07. The van der Waals surface area contributed by atoms with Gasteiger partial charge in [-0.2, -0.15) is 9.61 Å². The monoisotopic (exact) mass is 414 g/mol. The van der Waals surface area contributed by atoms with Crippen LogP contribution >= 0.6 is 23.2 Å². The molecule has 1 N–H and O–H groups in total. The molecular weight excluding hydrogens is 403 g/mol. The molecule has 9 heteroatoms. The van der Waals surface area contributed by atoms with Crippen molar-refractivity contribution >= 4 is 34.5 Å². The number of H-pyrrole nitrogens is 1. The van der Waals surface area contributed by atoms with Crippen LogP contribution in [0.15, 0.2) is 53.3 Å². The van der Waals surface area contributed by atoms with E-state index in [2.05, 4.69) is 10.1 Å². The first-order chi connectivity index (χ1) is 13.3. The van der Waals surface area contributed by atoms with Crippen molar-refractivity contribution < 1.29 is 4.92 Å². The van der Waals surface area contributed by atoms with Crippen LogP contribution in [0.4, 0.5) is 5.69 Å². The maximum Gasteiger partial charge on any atom is 0.274 e. The SMILES string of the molecule is Cc1nn2c(=O)cc(-c3ccc([N+](=O)[O-])cc3)[nH]c2c1-c1ccc(Cl)cc1Cl. The Balaban J connectivity index is 1.95. The lowest BCUT2D eigenvalue weighted by molar-refractivity contribution is -0.384. The van der Waals surface area contributed by atoms with Gasteiger partial charge in [0.25, 0.3) is 11.2 Å². The standard InChI is InChI=1S/C19H12Cl2N4O3/c1-10-18(14-7-4-12(20)8-15(14)21)19-22-16(9-17(26)24(19)23-10)11-2-5-13(6-3-11)25(27)28/h2-9,22H,1H3.